The van der Waals surface area contributed by atoms with Gasteiger partial charge in [-0.3, -0.25) is 4.79 Å². The van der Waals surface area contributed by atoms with Crippen molar-refractivity contribution in [1.82, 2.24) is 0 Å². The van der Waals surface area contributed by atoms with Crippen molar-refractivity contribution in [3.05, 3.63) is 65.2 Å². The summed E-state index contributed by atoms with van der Waals surface area (Å²) in [5.74, 6) is -5.14. The summed E-state index contributed by atoms with van der Waals surface area (Å²) >= 11 is 0. The van der Waals surface area contributed by atoms with Crippen molar-refractivity contribution in [2.45, 2.75) is 0 Å². The average Bonchev–Trinajstić information content (AvgIpc) is 2.36. The van der Waals surface area contributed by atoms with E-state index < -0.39 is 34.9 Å². The molecule has 0 aromatic heterocycles. The van der Waals surface area contributed by atoms with E-state index in [1.54, 1.807) is 0 Å². The van der Waals surface area contributed by atoms with Gasteiger partial charge in [0.15, 0.2) is 11.6 Å². The van der Waals surface area contributed by atoms with Gasteiger partial charge in [-0.2, -0.15) is 0 Å². The Morgan fingerprint density at radius 3 is 2.16 bits per heavy atom. The Kier molecular flexibility index (Phi) is 3.50. The molecule has 0 radical (unpaired) electrons. The maximum absolute atomic E-state index is 13.3. The number of anilines is 1. The van der Waals surface area contributed by atoms with Crippen molar-refractivity contribution in [2.75, 3.05) is 5.32 Å². The van der Waals surface area contributed by atoms with Crippen LogP contribution in [0, 0.1) is 23.3 Å². The Hall–Kier alpha value is -2.37. The smallest absolute Gasteiger partial charge is 0.255 e. The molecule has 0 fully saturated rings. The lowest BCUT2D eigenvalue weighted by molar-refractivity contribution is 0.102. The van der Waals surface area contributed by atoms with Gasteiger partial charge in [0.1, 0.15) is 11.6 Å². The molecule has 2 aromatic carbocycles. The number of hydrogen-bond acceptors (Lipinski definition) is 1. The summed E-state index contributed by atoms with van der Waals surface area (Å²) in [6.45, 7) is 0. The molecule has 6 heteroatoms. The number of halogens is 4. The molecular formula is C13H7F4NO. The van der Waals surface area contributed by atoms with Crippen molar-refractivity contribution in [2.24, 2.45) is 0 Å². The molecule has 0 heterocycles. The Bertz CT molecular complexity index is 625. The Balaban J connectivity index is 2.26. The number of benzene rings is 2. The minimum absolute atomic E-state index is 0.0328. The molecule has 0 spiro atoms. The van der Waals surface area contributed by atoms with E-state index in [2.05, 4.69) is 0 Å². The predicted octanol–water partition coefficient (Wildman–Crippen LogP) is 3.50. The van der Waals surface area contributed by atoms with E-state index in [1.807, 2.05) is 5.32 Å². The van der Waals surface area contributed by atoms with Gasteiger partial charge < -0.3 is 5.32 Å². The second-order valence-corrected chi connectivity index (χ2v) is 3.71. The average molecular weight is 269 g/mol. The largest absolute Gasteiger partial charge is 0.319 e. The topological polar surface area (TPSA) is 29.1 Å². The summed E-state index contributed by atoms with van der Waals surface area (Å²) in [4.78, 5) is 11.7. The highest BCUT2D eigenvalue weighted by Crippen LogP contribution is 2.20. The molecule has 19 heavy (non-hydrogen) atoms. The maximum atomic E-state index is 13.3. The normalized spacial score (nSPS) is 10.3. The van der Waals surface area contributed by atoms with E-state index in [9.17, 15) is 22.4 Å². The van der Waals surface area contributed by atoms with Crippen LogP contribution in [0.25, 0.3) is 0 Å². The Morgan fingerprint density at radius 2 is 1.53 bits per heavy atom. The molecule has 0 saturated carbocycles. The number of carbonyl (C=O) groups excluding carboxylic acids is 1. The summed E-state index contributed by atoms with van der Waals surface area (Å²) in [5.41, 5.74) is -0.586. The van der Waals surface area contributed by atoms with Gasteiger partial charge in [0.25, 0.3) is 5.91 Å². The molecule has 1 amide bonds. The van der Waals surface area contributed by atoms with Crippen LogP contribution in [0.4, 0.5) is 23.2 Å². The number of carbonyl (C=O) groups is 1. The summed E-state index contributed by atoms with van der Waals surface area (Å²) in [5, 5.41) is 2.01. The molecule has 0 bridgehead atoms. The zero-order valence-corrected chi connectivity index (χ0v) is 9.38. The highest BCUT2D eigenvalue weighted by Gasteiger charge is 2.14. The van der Waals surface area contributed by atoms with Gasteiger partial charge in [-0.15, -0.1) is 0 Å². The fourth-order valence-corrected chi connectivity index (χ4v) is 1.44. The fourth-order valence-electron chi connectivity index (χ4n) is 1.44. The molecule has 0 aliphatic rings. The lowest BCUT2D eigenvalue weighted by Gasteiger charge is -2.07. The second-order valence-electron chi connectivity index (χ2n) is 3.71. The number of amides is 1. The van der Waals surface area contributed by atoms with Crippen LogP contribution in [0.3, 0.4) is 0 Å². The van der Waals surface area contributed by atoms with E-state index in [0.717, 1.165) is 24.3 Å². The molecular weight excluding hydrogens is 262 g/mol. The van der Waals surface area contributed by atoms with Gasteiger partial charge in [-0.05, 0) is 24.3 Å². The van der Waals surface area contributed by atoms with Crippen molar-refractivity contribution < 1.29 is 22.4 Å². The van der Waals surface area contributed by atoms with Crippen LogP contribution in [-0.2, 0) is 0 Å². The zero-order chi connectivity index (χ0) is 14.0. The molecule has 0 aliphatic heterocycles. The third-order valence-corrected chi connectivity index (χ3v) is 2.35. The minimum Gasteiger partial charge on any atom is -0.319 e. The van der Waals surface area contributed by atoms with Crippen molar-refractivity contribution in [3.63, 3.8) is 0 Å². The van der Waals surface area contributed by atoms with Crippen LogP contribution in [0.5, 0.6) is 0 Å². The third-order valence-electron chi connectivity index (χ3n) is 2.35. The van der Waals surface area contributed by atoms with Gasteiger partial charge in [0.05, 0.1) is 5.69 Å². The van der Waals surface area contributed by atoms with Crippen LogP contribution in [0.1, 0.15) is 10.4 Å². The first-order chi connectivity index (χ1) is 8.97. The van der Waals surface area contributed by atoms with Gasteiger partial charge in [0, 0.05) is 17.7 Å². The summed E-state index contributed by atoms with van der Waals surface area (Å²) in [6, 6.07) is 5.42. The second kappa shape index (κ2) is 5.09. The van der Waals surface area contributed by atoms with E-state index in [1.165, 1.54) is 0 Å². The monoisotopic (exact) mass is 269 g/mol. The molecule has 2 aromatic rings. The first kappa shape index (κ1) is 13.1. The van der Waals surface area contributed by atoms with Crippen LogP contribution in [-0.4, -0.2) is 5.91 Å². The highest BCUT2D eigenvalue weighted by atomic mass is 19.2. The van der Waals surface area contributed by atoms with Crippen LogP contribution in [0.2, 0.25) is 0 Å². The quantitative estimate of drug-likeness (QED) is 0.656. The van der Waals surface area contributed by atoms with E-state index in [-0.39, 0.29) is 5.56 Å². The Labute approximate surface area is 105 Å². The molecule has 2 rings (SSSR count). The predicted molar refractivity (Wildman–Crippen MR) is 60.7 cm³/mol. The Morgan fingerprint density at radius 1 is 0.895 bits per heavy atom. The SMILES string of the molecule is O=C(Nc1cc(F)cc(F)c1F)c1ccc(F)cc1. The highest BCUT2D eigenvalue weighted by molar-refractivity contribution is 6.04. The van der Waals surface area contributed by atoms with Crippen LogP contribution < -0.4 is 5.32 Å². The summed E-state index contributed by atoms with van der Waals surface area (Å²) in [7, 11) is 0. The number of nitrogens with one attached hydrogen (secondary N) is 1. The third kappa shape index (κ3) is 2.90. The van der Waals surface area contributed by atoms with Crippen molar-refractivity contribution in [1.29, 1.82) is 0 Å². The van der Waals surface area contributed by atoms with Crippen LogP contribution >= 0.6 is 0 Å². The minimum atomic E-state index is -1.41. The lowest BCUT2D eigenvalue weighted by atomic mass is 10.2. The van der Waals surface area contributed by atoms with Crippen molar-refractivity contribution >= 4 is 11.6 Å². The summed E-state index contributed by atoms with van der Waals surface area (Å²) < 4.78 is 51.8. The lowest BCUT2D eigenvalue weighted by Crippen LogP contribution is -2.13. The number of hydrogen-bond donors (Lipinski definition) is 1. The van der Waals surface area contributed by atoms with Gasteiger partial charge in [-0.25, -0.2) is 17.6 Å². The number of rotatable bonds is 2. The van der Waals surface area contributed by atoms with Gasteiger partial charge in [-0.1, -0.05) is 0 Å². The van der Waals surface area contributed by atoms with Gasteiger partial charge >= 0.3 is 0 Å². The fraction of sp³-hybridized carbons (Fsp3) is 0. The standard InChI is InChI=1S/C13H7F4NO/c14-8-3-1-7(2-4-8)13(19)18-11-6-9(15)5-10(16)12(11)17/h1-6H,(H,18,19). The molecule has 0 aliphatic carbocycles. The first-order valence-corrected chi connectivity index (χ1v) is 5.19. The summed E-state index contributed by atoms with van der Waals surface area (Å²) in [6.07, 6.45) is 0. The molecule has 0 unspecified atom stereocenters. The molecule has 0 atom stereocenters. The zero-order valence-electron chi connectivity index (χ0n) is 9.38. The molecule has 1 N–H and O–H groups in total. The molecule has 98 valence electrons. The van der Waals surface area contributed by atoms with Crippen molar-refractivity contribution in [3.8, 4) is 0 Å². The van der Waals surface area contributed by atoms with Crippen LogP contribution in [0.15, 0.2) is 36.4 Å². The van der Waals surface area contributed by atoms with E-state index in [4.69, 9.17) is 0 Å². The van der Waals surface area contributed by atoms with E-state index >= 15 is 0 Å². The molecule has 2 nitrogen and oxygen atoms in total. The van der Waals surface area contributed by atoms with Gasteiger partial charge in [0.2, 0.25) is 0 Å². The van der Waals surface area contributed by atoms with E-state index in [0.29, 0.717) is 12.1 Å². The first-order valence-electron chi connectivity index (χ1n) is 5.19. The molecule has 0 saturated heterocycles. The maximum Gasteiger partial charge on any atom is 0.255 e.